The van der Waals surface area contributed by atoms with Gasteiger partial charge >= 0.3 is 6.18 Å². The highest BCUT2D eigenvalue weighted by Gasteiger charge is 2.58. The summed E-state index contributed by atoms with van der Waals surface area (Å²) in [6.07, 6.45) is -4.89. The molecule has 1 aliphatic carbocycles. The number of hydrogen-bond donors (Lipinski definition) is 1. The highest BCUT2D eigenvalue weighted by atomic mass is 35.5. The number of halogens is 5. The van der Waals surface area contributed by atoms with Crippen molar-refractivity contribution in [1.29, 1.82) is 0 Å². The maximum atomic E-state index is 13.9. The van der Waals surface area contributed by atoms with Crippen LogP contribution in [0.4, 0.5) is 13.2 Å². The first-order chi connectivity index (χ1) is 10.2. The molecule has 3 rings (SSSR count). The fourth-order valence-corrected chi connectivity index (χ4v) is 3.59. The second-order valence-electron chi connectivity index (χ2n) is 5.54. The molecule has 0 saturated heterocycles. The van der Waals surface area contributed by atoms with Crippen molar-refractivity contribution in [2.24, 2.45) is 0 Å². The Morgan fingerprint density at radius 1 is 0.909 bits per heavy atom. The van der Waals surface area contributed by atoms with E-state index in [1.807, 2.05) is 0 Å². The average molecular weight is 347 g/mol. The first-order valence-corrected chi connectivity index (χ1v) is 7.31. The van der Waals surface area contributed by atoms with Crippen LogP contribution < -0.4 is 0 Å². The Bertz CT molecular complexity index is 722. The fourth-order valence-electron chi connectivity index (χ4n) is 3.06. The molecule has 1 unspecified atom stereocenters. The summed E-state index contributed by atoms with van der Waals surface area (Å²) in [6, 6.07) is 8.35. The largest absolute Gasteiger partial charge is 0.508 e. The second-order valence-corrected chi connectivity index (χ2v) is 6.42. The van der Waals surface area contributed by atoms with Crippen molar-refractivity contribution in [3.05, 3.63) is 63.1 Å². The van der Waals surface area contributed by atoms with Crippen molar-refractivity contribution in [2.45, 2.75) is 24.4 Å². The molecule has 0 spiro atoms. The summed E-state index contributed by atoms with van der Waals surface area (Å²) in [7, 11) is 0. The summed E-state index contributed by atoms with van der Waals surface area (Å²) in [5.74, 6) is -0.0409. The molecule has 22 heavy (non-hydrogen) atoms. The lowest BCUT2D eigenvalue weighted by Crippen LogP contribution is -2.43. The molecule has 0 heterocycles. The monoisotopic (exact) mass is 346 g/mol. The molecule has 2 aromatic rings. The Kier molecular flexibility index (Phi) is 3.57. The first-order valence-electron chi connectivity index (χ1n) is 6.55. The molecule has 1 nitrogen and oxygen atoms in total. The zero-order valence-electron chi connectivity index (χ0n) is 11.2. The Hall–Kier alpha value is -1.39. The molecule has 0 radical (unpaired) electrons. The van der Waals surface area contributed by atoms with Crippen LogP contribution in [0.1, 0.15) is 16.7 Å². The number of rotatable bonds is 1. The van der Waals surface area contributed by atoms with E-state index in [9.17, 15) is 18.3 Å². The Labute approximate surface area is 135 Å². The highest BCUT2D eigenvalue weighted by Crippen LogP contribution is 2.51. The lowest BCUT2D eigenvalue weighted by molar-refractivity contribution is -0.188. The summed E-state index contributed by atoms with van der Waals surface area (Å²) < 4.78 is 41.6. The van der Waals surface area contributed by atoms with Gasteiger partial charge in [0, 0.05) is 10.0 Å². The van der Waals surface area contributed by atoms with Crippen molar-refractivity contribution < 1.29 is 18.3 Å². The van der Waals surface area contributed by atoms with Gasteiger partial charge < -0.3 is 5.11 Å². The number of fused-ring (bicyclic) bond motifs is 1. The van der Waals surface area contributed by atoms with Crippen LogP contribution in [-0.4, -0.2) is 11.3 Å². The van der Waals surface area contributed by atoms with E-state index in [0.717, 1.165) is 0 Å². The predicted octanol–water partition coefficient (Wildman–Crippen LogP) is 5.30. The van der Waals surface area contributed by atoms with Crippen LogP contribution >= 0.6 is 23.2 Å². The van der Waals surface area contributed by atoms with Crippen molar-refractivity contribution >= 4 is 23.2 Å². The minimum absolute atomic E-state index is 0.0409. The quantitative estimate of drug-likeness (QED) is 0.742. The van der Waals surface area contributed by atoms with Gasteiger partial charge in [0.25, 0.3) is 0 Å². The summed E-state index contributed by atoms with van der Waals surface area (Å²) in [5.41, 5.74) is -0.953. The number of aromatic hydroxyl groups is 1. The maximum absolute atomic E-state index is 13.9. The van der Waals surface area contributed by atoms with Crippen molar-refractivity contribution in [1.82, 2.24) is 0 Å². The van der Waals surface area contributed by atoms with E-state index in [1.54, 1.807) is 0 Å². The van der Waals surface area contributed by atoms with Gasteiger partial charge in [-0.3, -0.25) is 0 Å². The molecular formula is C16H11Cl2F3O. The summed E-state index contributed by atoms with van der Waals surface area (Å²) in [5, 5.41) is 9.85. The molecule has 0 saturated carbocycles. The topological polar surface area (TPSA) is 20.2 Å². The minimum atomic E-state index is -4.46. The van der Waals surface area contributed by atoms with E-state index in [-0.39, 0.29) is 34.2 Å². The van der Waals surface area contributed by atoms with Gasteiger partial charge in [-0.2, -0.15) is 13.2 Å². The molecule has 2 aromatic carbocycles. The second kappa shape index (κ2) is 5.07. The lowest BCUT2D eigenvalue weighted by atomic mass is 9.77. The van der Waals surface area contributed by atoms with Gasteiger partial charge in [0.05, 0.1) is 5.41 Å². The lowest BCUT2D eigenvalue weighted by Gasteiger charge is -2.32. The predicted molar refractivity (Wildman–Crippen MR) is 79.7 cm³/mol. The van der Waals surface area contributed by atoms with Gasteiger partial charge in [-0.25, -0.2) is 0 Å². The standard InChI is InChI=1S/C16H11Cl2F3O/c17-12-4-11(5-13(18)6-12)15(16(19,20)21)7-9-1-2-14(22)3-10(9)8-15/h1-6,22H,7-8H2. The smallest absolute Gasteiger partial charge is 0.399 e. The van der Waals surface area contributed by atoms with Gasteiger partial charge in [-0.05, 0) is 59.9 Å². The molecule has 0 aromatic heterocycles. The van der Waals surface area contributed by atoms with E-state index in [4.69, 9.17) is 23.2 Å². The van der Waals surface area contributed by atoms with Crippen LogP contribution in [0.5, 0.6) is 5.75 Å². The van der Waals surface area contributed by atoms with E-state index in [0.29, 0.717) is 11.1 Å². The molecule has 1 atom stereocenters. The normalized spacial score (nSPS) is 21.0. The highest BCUT2D eigenvalue weighted by molar-refractivity contribution is 6.34. The maximum Gasteiger partial charge on any atom is 0.399 e. The Morgan fingerprint density at radius 2 is 1.50 bits per heavy atom. The van der Waals surface area contributed by atoms with E-state index in [2.05, 4.69) is 0 Å². The van der Waals surface area contributed by atoms with Crippen LogP contribution in [0.2, 0.25) is 10.0 Å². The summed E-state index contributed by atoms with van der Waals surface area (Å²) in [4.78, 5) is 0. The molecule has 0 fully saturated rings. The number of phenolic OH excluding ortho intramolecular Hbond substituents is 1. The van der Waals surface area contributed by atoms with Crippen LogP contribution in [0.25, 0.3) is 0 Å². The number of benzene rings is 2. The van der Waals surface area contributed by atoms with E-state index < -0.39 is 11.6 Å². The number of hydrogen-bond acceptors (Lipinski definition) is 1. The van der Waals surface area contributed by atoms with Gasteiger partial charge in [0.15, 0.2) is 0 Å². The molecule has 6 heteroatoms. The van der Waals surface area contributed by atoms with Crippen molar-refractivity contribution in [2.75, 3.05) is 0 Å². The van der Waals surface area contributed by atoms with Crippen molar-refractivity contribution in [3.63, 3.8) is 0 Å². The molecule has 0 aliphatic heterocycles. The Balaban J connectivity index is 2.17. The van der Waals surface area contributed by atoms with Gasteiger partial charge in [0.2, 0.25) is 0 Å². The molecule has 0 amide bonds. The minimum Gasteiger partial charge on any atom is -0.508 e. The van der Waals surface area contributed by atoms with Gasteiger partial charge in [-0.15, -0.1) is 0 Å². The third kappa shape index (κ3) is 2.44. The first kappa shape index (κ1) is 15.5. The fraction of sp³-hybridized carbons (Fsp3) is 0.250. The number of alkyl halides is 3. The third-order valence-corrected chi connectivity index (χ3v) is 4.57. The van der Waals surface area contributed by atoms with Crippen LogP contribution in [-0.2, 0) is 18.3 Å². The Morgan fingerprint density at radius 3 is 2.09 bits per heavy atom. The molecule has 0 bridgehead atoms. The summed E-state index contributed by atoms with van der Waals surface area (Å²) in [6.45, 7) is 0. The van der Waals surface area contributed by atoms with Gasteiger partial charge in [-0.1, -0.05) is 29.3 Å². The molecule has 116 valence electrons. The zero-order chi connectivity index (χ0) is 16.1. The molecule has 1 N–H and O–H groups in total. The van der Waals surface area contributed by atoms with Crippen LogP contribution in [0, 0.1) is 0 Å². The van der Waals surface area contributed by atoms with Gasteiger partial charge in [0.1, 0.15) is 5.75 Å². The van der Waals surface area contributed by atoms with Crippen LogP contribution in [0.3, 0.4) is 0 Å². The van der Waals surface area contributed by atoms with Crippen LogP contribution in [0.15, 0.2) is 36.4 Å². The number of phenols is 1. The van der Waals surface area contributed by atoms with E-state index >= 15 is 0 Å². The average Bonchev–Trinajstić information content (AvgIpc) is 2.76. The summed E-state index contributed by atoms with van der Waals surface area (Å²) >= 11 is 11.8. The van der Waals surface area contributed by atoms with E-state index in [1.165, 1.54) is 36.4 Å². The molecule has 1 aliphatic rings. The SMILES string of the molecule is Oc1ccc2c(c1)CC(c1cc(Cl)cc(Cl)c1)(C(F)(F)F)C2. The van der Waals surface area contributed by atoms with Crippen molar-refractivity contribution in [3.8, 4) is 5.75 Å². The molecular weight excluding hydrogens is 336 g/mol. The third-order valence-electron chi connectivity index (χ3n) is 4.13. The zero-order valence-corrected chi connectivity index (χ0v) is 12.7.